The minimum atomic E-state index is 0.677. The summed E-state index contributed by atoms with van der Waals surface area (Å²) in [6.45, 7) is 6.12. The summed E-state index contributed by atoms with van der Waals surface area (Å²) >= 11 is 5.48. The highest BCUT2D eigenvalue weighted by Crippen LogP contribution is 2.25. The van der Waals surface area contributed by atoms with Crippen molar-refractivity contribution in [1.29, 1.82) is 0 Å². The topological polar surface area (TPSA) is 46.2 Å². The Hall–Kier alpha value is -1.57. The number of rotatable bonds is 7. The van der Waals surface area contributed by atoms with Crippen LogP contribution < -0.4 is 14.8 Å². The smallest absolute Gasteiger partial charge is 0.169 e. The van der Waals surface area contributed by atoms with E-state index in [1.807, 2.05) is 30.1 Å². The molecule has 0 saturated carbocycles. The zero-order chi connectivity index (χ0) is 17.4. The van der Waals surface area contributed by atoms with E-state index in [-0.39, 0.29) is 0 Å². The molecule has 1 aromatic carbocycles. The molecule has 2 rings (SSSR count). The van der Waals surface area contributed by atoms with Gasteiger partial charge in [-0.1, -0.05) is 0 Å². The van der Waals surface area contributed by atoms with Crippen LogP contribution in [0.2, 0.25) is 0 Å². The largest absolute Gasteiger partial charge is 0.497 e. The van der Waals surface area contributed by atoms with Crippen molar-refractivity contribution < 1.29 is 14.2 Å². The van der Waals surface area contributed by atoms with E-state index in [4.69, 9.17) is 26.4 Å². The van der Waals surface area contributed by atoms with Crippen LogP contribution in [0, 0.1) is 0 Å². The number of nitrogens with zero attached hydrogens (tertiary/aromatic N) is 2. The van der Waals surface area contributed by atoms with Gasteiger partial charge in [-0.2, -0.15) is 0 Å². The number of methoxy groups -OCH3 is 2. The lowest BCUT2D eigenvalue weighted by Gasteiger charge is -2.28. The standard InChI is InChI=1S/C17H27N3O3S/c1-19(13-14-4-5-15(21-2)12-16(14)22-3)17(24)18-6-7-20-8-10-23-11-9-20/h4-5,12H,6-11,13H2,1-3H3,(H,18,24). The molecule has 1 saturated heterocycles. The van der Waals surface area contributed by atoms with Crippen molar-refractivity contribution in [2.45, 2.75) is 6.54 Å². The van der Waals surface area contributed by atoms with Gasteiger partial charge in [0.15, 0.2) is 5.11 Å². The Balaban J connectivity index is 1.80. The fourth-order valence-corrected chi connectivity index (χ4v) is 2.76. The molecule has 134 valence electrons. The summed E-state index contributed by atoms with van der Waals surface area (Å²) in [6.07, 6.45) is 0. The molecule has 1 N–H and O–H groups in total. The lowest BCUT2D eigenvalue weighted by Crippen LogP contribution is -2.43. The minimum Gasteiger partial charge on any atom is -0.497 e. The minimum absolute atomic E-state index is 0.677. The lowest BCUT2D eigenvalue weighted by atomic mass is 10.2. The van der Waals surface area contributed by atoms with Crippen LogP contribution >= 0.6 is 12.2 Å². The Morgan fingerprint density at radius 2 is 2.04 bits per heavy atom. The number of morpholine rings is 1. The van der Waals surface area contributed by atoms with E-state index in [9.17, 15) is 0 Å². The van der Waals surface area contributed by atoms with E-state index in [0.717, 1.165) is 61.6 Å². The zero-order valence-electron chi connectivity index (χ0n) is 14.7. The van der Waals surface area contributed by atoms with E-state index < -0.39 is 0 Å². The molecule has 1 heterocycles. The Labute approximate surface area is 149 Å². The van der Waals surface area contributed by atoms with Crippen LogP contribution in [0.4, 0.5) is 0 Å². The monoisotopic (exact) mass is 353 g/mol. The predicted octanol–water partition coefficient (Wildman–Crippen LogP) is 1.34. The second kappa shape index (κ2) is 9.66. The van der Waals surface area contributed by atoms with Gasteiger partial charge in [0.05, 0.1) is 27.4 Å². The number of hydrogen-bond donors (Lipinski definition) is 1. The van der Waals surface area contributed by atoms with E-state index in [1.54, 1.807) is 14.2 Å². The fourth-order valence-electron chi connectivity index (χ4n) is 2.59. The third-order valence-electron chi connectivity index (χ3n) is 4.06. The summed E-state index contributed by atoms with van der Waals surface area (Å²) in [7, 11) is 5.29. The van der Waals surface area contributed by atoms with Crippen LogP contribution in [0.3, 0.4) is 0 Å². The third kappa shape index (κ3) is 5.51. The Morgan fingerprint density at radius 3 is 2.71 bits per heavy atom. The first-order valence-corrected chi connectivity index (χ1v) is 8.55. The summed E-state index contributed by atoms with van der Waals surface area (Å²) in [5.41, 5.74) is 1.07. The quantitative estimate of drug-likeness (QED) is 0.742. The SMILES string of the molecule is COc1ccc(CN(C)C(=S)NCCN2CCOCC2)c(OC)c1. The van der Waals surface area contributed by atoms with E-state index in [0.29, 0.717) is 6.54 Å². The molecular weight excluding hydrogens is 326 g/mol. The van der Waals surface area contributed by atoms with Gasteiger partial charge >= 0.3 is 0 Å². The second-order valence-corrected chi connectivity index (χ2v) is 6.11. The molecule has 7 heteroatoms. The number of benzene rings is 1. The van der Waals surface area contributed by atoms with Crippen LogP contribution in [0.15, 0.2) is 18.2 Å². The van der Waals surface area contributed by atoms with Crippen LogP contribution in [0.25, 0.3) is 0 Å². The van der Waals surface area contributed by atoms with Crippen LogP contribution in [-0.2, 0) is 11.3 Å². The van der Waals surface area contributed by atoms with Crippen molar-refractivity contribution >= 4 is 17.3 Å². The summed E-state index contributed by atoms with van der Waals surface area (Å²) in [6, 6.07) is 5.82. The van der Waals surface area contributed by atoms with Gasteiger partial charge in [-0.25, -0.2) is 0 Å². The van der Waals surface area contributed by atoms with Gasteiger partial charge in [-0.3, -0.25) is 4.90 Å². The molecule has 6 nitrogen and oxygen atoms in total. The maximum atomic E-state index is 5.48. The van der Waals surface area contributed by atoms with Gasteiger partial charge in [0, 0.05) is 51.4 Å². The van der Waals surface area contributed by atoms with Crippen molar-refractivity contribution in [3.63, 3.8) is 0 Å². The second-order valence-electron chi connectivity index (χ2n) is 5.72. The maximum Gasteiger partial charge on any atom is 0.169 e. The highest BCUT2D eigenvalue weighted by molar-refractivity contribution is 7.80. The molecule has 1 aliphatic rings. The van der Waals surface area contributed by atoms with Crippen LogP contribution in [-0.4, -0.2) is 75.6 Å². The first-order valence-electron chi connectivity index (χ1n) is 8.14. The number of thiocarbonyl (C=S) groups is 1. The molecule has 1 fully saturated rings. The summed E-state index contributed by atoms with van der Waals surface area (Å²) in [4.78, 5) is 4.39. The highest BCUT2D eigenvalue weighted by atomic mass is 32.1. The average molecular weight is 353 g/mol. The molecule has 0 aromatic heterocycles. The van der Waals surface area contributed by atoms with Crippen molar-refractivity contribution in [1.82, 2.24) is 15.1 Å². The first kappa shape index (κ1) is 18.8. The van der Waals surface area contributed by atoms with Gasteiger partial charge < -0.3 is 24.4 Å². The predicted molar refractivity (Wildman–Crippen MR) is 98.9 cm³/mol. The molecular formula is C17H27N3O3S. The number of ether oxygens (including phenoxy) is 3. The van der Waals surface area contributed by atoms with Gasteiger partial charge in [-0.15, -0.1) is 0 Å². The van der Waals surface area contributed by atoms with E-state index in [2.05, 4.69) is 10.2 Å². The van der Waals surface area contributed by atoms with E-state index in [1.165, 1.54) is 0 Å². The normalized spacial score (nSPS) is 15.0. The van der Waals surface area contributed by atoms with Crippen molar-refractivity contribution in [2.75, 3.05) is 60.7 Å². The average Bonchev–Trinajstić information content (AvgIpc) is 2.62. The zero-order valence-corrected chi connectivity index (χ0v) is 15.5. The van der Waals surface area contributed by atoms with Crippen molar-refractivity contribution in [2.24, 2.45) is 0 Å². The molecule has 1 aromatic rings. The molecule has 0 radical (unpaired) electrons. The molecule has 0 aliphatic carbocycles. The van der Waals surface area contributed by atoms with E-state index >= 15 is 0 Å². The molecule has 1 aliphatic heterocycles. The summed E-state index contributed by atoms with van der Waals surface area (Å²) in [5.74, 6) is 1.58. The molecule has 0 unspecified atom stereocenters. The lowest BCUT2D eigenvalue weighted by molar-refractivity contribution is 0.0389. The Bertz CT molecular complexity index is 536. The van der Waals surface area contributed by atoms with Crippen molar-refractivity contribution in [3.05, 3.63) is 23.8 Å². The molecule has 0 amide bonds. The van der Waals surface area contributed by atoms with Gasteiger partial charge in [-0.05, 0) is 24.4 Å². The molecule has 0 bridgehead atoms. The summed E-state index contributed by atoms with van der Waals surface area (Å²) < 4.78 is 16.0. The third-order valence-corrected chi connectivity index (χ3v) is 4.51. The van der Waals surface area contributed by atoms with Gasteiger partial charge in [0.2, 0.25) is 0 Å². The summed E-state index contributed by atoms with van der Waals surface area (Å²) in [5, 5.41) is 4.06. The van der Waals surface area contributed by atoms with Crippen LogP contribution in [0.5, 0.6) is 11.5 Å². The maximum absolute atomic E-state index is 5.48. The Kier molecular flexibility index (Phi) is 7.55. The first-order chi connectivity index (χ1) is 11.6. The molecule has 0 atom stereocenters. The fraction of sp³-hybridized carbons (Fsp3) is 0.588. The number of hydrogen-bond acceptors (Lipinski definition) is 5. The Morgan fingerprint density at radius 1 is 1.29 bits per heavy atom. The van der Waals surface area contributed by atoms with Crippen molar-refractivity contribution in [3.8, 4) is 11.5 Å². The van der Waals surface area contributed by atoms with Crippen LogP contribution in [0.1, 0.15) is 5.56 Å². The van der Waals surface area contributed by atoms with Gasteiger partial charge in [0.25, 0.3) is 0 Å². The van der Waals surface area contributed by atoms with Gasteiger partial charge in [0.1, 0.15) is 11.5 Å². The molecule has 24 heavy (non-hydrogen) atoms. The highest BCUT2D eigenvalue weighted by Gasteiger charge is 2.12. The molecule has 0 spiro atoms. The number of nitrogens with one attached hydrogen (secondary N) is 1.